The summed E-state index contributed by atoms with van der Waals surface area (Å²) < 4.78 is 5.67. The van der Waals surface area contributed by atoms with E-state index in [1.807, 2.05) is 32.0 Å². The van der Waals surface area contributed by atoms with Gasteiger partial charge in [-0.05, 0) is 31.5 Å². The summed E-state index contributed by atoms with van der Waals surface area (Å²) in [5, 5.41) is 3.44. The molecule has 2 unspecified atom stereocenters. The molecule has 104 valence electrons. The number of hydrogen-bond acceptors (Lipinski definition) is 4. The number of piperidine rings is 1. The van der Waals surface area contributed by atoms with Crippen molar-refractivity contribution in [3.63, 3.8) is 0 Å². The molecule has 4 nitrogen and oxygen atoms in total. The first-order valence-electron chi connectivity index (χ1n) is 7.03. The quantitative estimate of drug-likeness (QED) is 0.847. The van der Waals surface area contributed by atoms with Crippen LogP contribution in [-0.4, -0.2) is 23.5 Å². The zero-order chi connectivity index (χ0) is 13.7. The van der Waals surface area contributed by atoms with Crippen molar-refractivity contribution in [2.24, 2.45) is 5.92 Å². The lowest BCUT2D eigenvalue weighted by molar-refractivity contribution is -0.155. The normalized spacial score (nSPS) is 21.1. The Balaban J connectivity index is 2.15. The lowest BCUT2D eigenvalue weighted by Gasteiger charge is -2.31. The van der Waals surface area contributed by atoms with Crippen molar-refractivity contribution in [3.8, 4) is 0 Å². The second-order valence-corrected chi connectivity index (χ2v) is 5.32. The Kier molecular flexibility index (Phi) is 4.91. The predicted molar refractivity (Wildman–Crippen MR) is 73.5 cm³/mol. The van der Waals surface area contributed by atoms with Crippen LogP contribution in [0, 0.1) is 5.92 Å². The summed E-state index contributed by atoms with van der Waals surface area (Å²) in [5.74, 6) is -0.280. The zero-order valence-corrected chi connectivity index (χ0v) is 11.6. The minimum Gasteiger partial charge on any atom is -0.454 e. The van der Waals surface area contributed by atoms with Gasteiger partial charge in [-0.25, -0.2) is 0 Å². The van der Waals surface area contributed by atoms with Gasteiger partial charge in [0.25, 0.3) is 0 Å². The molecule has 0 saturated carbocycles. The van der Waals surface area contributed by atoms with Gasteiger partial charge in [0.2, 0.25) is 0 Å². The van der Waals surface area contributed by atoms with Crippen molar-refractivity contribution >= 4 is 5.97 Å². The van der Waals surface area contributed by atoms with Crippen molar-refractivity contribution in [2.75, 3.05) is 6.54 Å². The van der Waals surface area contributed by atoms with Crippen LogP contribution in [0.5, 0.6) is 0 Å². The summed E-state index contributed by atoms with van der Waals surface area (Å²) >= 11 is 0. The average Bonchev–Trinajstić information content (AvgIpc) is 2.46. The summed E-state index contributed by atoms with van der Waals surface area (Å²) in [5.41, 5.74) is 0.830. The maximum Gasteiger partial charge on any atom is 0.309 e. The number of nitrogens with one attached hydrogen (secondary N) is 1. The lowest BCUT2D eigenvalue weighted by atomic mass is 9.97. The van der Waals surface area contributed by atoms with Gasteiger partial charge in [-0.3, -0.25) is 9.78 Å². The molecule has 1 aliphatic rings. The standard InChI is InChI=1S/C15H22N2O2/c1-11(2)15(18)19-14(12-7-3-5-9-16-12)13-8-4-6-10-17-13/h3,5,7,9,11,13-14,17H,4,6,8,10H2,1-2H3. The number of aromatic nitrogens is 1. The number of carbonyl (C=O) groups excluding carboxylic acids is 1. The van der Waals surface area contributed by atoms with Gasteiger partial charge in [0.15, 0.2) is 6.10 Å². The molecule has 0 aromatic carbocycles. The highest BCUT2D eigenvalue weighted by molar-refractivity contribution is 5.71. The van der Waals surface area contributed by atoms with Crippen LogP contribution in [-0.2, 0) is 9.53 Å². The van der Waals surface area contributed by atoms with Gasteiger partial charge in [-0.1, -0.05) is 26.3 Å². The molecule has 1 fully saturated rings. The van der Waals surface area contributed by atoms with Gasteiger partial charge in [0, 0.05) is 12.2 Å². The molecule has 1 aliphatic heterocycles. The molecule has 2 atom stereocenters. The molecular formula is C15H22N2O2. The van der Waals surface area contributed by atoms with Gasteiger partial charge in [-0.15, -0.1) is 0 Å². The largest absolute Gasteiger partial charge is 0.454 e. The molecule has 0 aliphatic carbocycles. The fourth-order valence-corrected chi connectivity index (χ4v) is 2.29. The lowest BCUT2D eigenvalue weighted by Crippen LogP contribution is -2.41. The van der Waals surface area contributed by atoms with E-state index in [4.69, 9.17) is 4.74 Å². The van der Waals surface area contributed by atoms with E-state index in [-0.39, 0.29) is 24.0 Å². The summed E-state index contributed by atoms with van der Waals surface area (Å²) in [6, 6.07) is 5.90. The number of rotatable bonds is 4. The van der Waals surface area contributed by atoms with Gasteiger partial charge < -0.3 is 10.1 Å². The molecule has 0 spiro atoms. The number of nitrogens with zero attached hydrogens (tertiary/aromatic N) is 1. The Morgan fingerprint density at radius 1 is 1.42 bits per heavy atom. The van der Waals surface area contributed by atoms with Crippen LogP contribution >= 0.6 is 0 Å². The van der Waals surface area contributed by atoms with E-state index < -0.39 is 0 Å². The molecular weight excluding hydrogens is 240 g/mol. The van der Waals surface area contributed by atoms with Gasteiger partial charge in [-0.2, -0.15) is 0 Å². The molecule has 1 aromatic heterocycles. The molecule has 2 heterocycles. The molecule has 0 bridgehead atoms. The molecule has 1 saturated heterocycles. The van der Waals surface area contributed by atoms with E-state index in [1.165, 1.54) is 12.8 Å². The Hall–Kier alpha value is -1.42. The molecule has 0 amide bonds. The number of hydrogen-bond donors (Lipinski definition) is 1. The second-order valence-electron chi connectivity index (χ2n) is 5.32. The van der Waals surface area contributed by atoms with E-state index in [9.17, 15) is 4.79 Å². The fraction of sp³-hybridized carbons (Fsp3) is 0.600. The molecule has 2 rings (SSSR count). The fourth-order valence-electron chi connectivity index (χ4n) is 2.29. The van der Waals surface area contributed by atoms with Gasteiger partial charge in [0.05, 0.1) is 11.6 Å². The monoisotopic (exact) mass is 262 g/mol. The Morgan fingerprint density at radius 3 is 2.84 bits per heavy atom. The van der Waals surface area contributed by atoms with Crippen molar-refractivity contribution in [2.45, 2.75) is 45.3 Å². The Morgan fingerprint density at radius 2 is 2.26 bits per heavy atom. The van der Waals surface area contributed by atoms with E-state index in [2.05, 4.69) is 10.3 Å². The van der Waals surface area contributed by atoms with Crippen LogP contribution in [0.2, 0.25) is 0 Å². The minimum absolute atomic E-state index is 0.116. The van der Waals surface area contributed by atoms with E-state index in [0.717, 1.165) is 18.7 Å². The highest BCUT2D eigenvalue weighted by atomic mass is 16.5. The maximum atomic E-state index is 11.9. The van der Waals surface area contributed by atoms with Crippen LogP contribution < -0.4 is 5.32 Å². The van der Waals surface area contributed by atoms with E-state index in [0.29, 0.717) is 0 Å². The second kappa shape index (κ2) is 6.66. The van der Waals surface area contributed by atoms with Crippen LogP contribution in [0.4, 0.5) is 0 Å². The van der Waals surface area contributed by atoms with E-state index >= 15 is 0 Å². The molecule has 19 heavy (non-hydrogen) atoms. The molecule has 1 N–H and O–H groups in total. The smallest absolute Gasteiger partial charge is 0.309 e. The third-order valence-electron chi connectivity index (χ3n) is 3.41. The molecule has 4 heteroatoms. The number of esters is 1. The van der Waals surface area contributed by atoms with Crippen molar-refractivity contribution in [3.05, 3.63) is 30.1 Å². The topological polar surface area (TPSA) is 51.2 Å². The number of carbonyl (C=O) groups is 1. The van der Waals surface area contributed by atoms with Crippen LogP contribution in [0.3, 0.4) is 0 Å². The number of ether oxygens (including phenoxy) is 1. The minimum atomic E-state index is -0.281. The van der Waals surface area contributed by atoms with Gasteiger partial charge in [0.1, 0.15) is 0 Å². The van der Waals surface area contributed by atoms with Gasteiger partial charge >= 0.3 is 5.97 Å². The summed E-state index contributed by atoms with van der Waals surface area (Å²) in [6.45, 7) is 4.69. The van der Waals surface area contributed by atoms with Crippen LogP contribution in [0.15, 0.2) is 24.4 Å². The summed E-state index contributed by atoms with van der Waals surface area (Å²) in [6.07, 6.45) is 4.83. The first-order valence-corrected chi connectivity index (χ1v) is 7.03. The Bertz CT molecular complexity index is 400. The van der Waals surface area contributed by atoms with Crippen LogP contribution in [0.25, 0.3) is 0 Å². The summed E-state index contributed by atoms with van der Waals surface area (Å²) in [4.78, 5) is 16.2. The third-order valence-corrected chi connectivity index (χ3v) is 3.41. The first kappa shape index (κ1) is 14.0. The average molecular weight is 262 g/mol. The number of pyridine rings is 1. The zero-order valence-electron chi connectivity index (χ0n) is 11.6. The first-order chi connectivity index (χ1) is 9.18. The predicted octanol–water partition coefficient (Wildman–Crippen LogP) is 2.46. The summed E-state index contributed by atoms with van der Waals surface area (Å²) in [7, 11) is 0. The van der Waals surface area contributed by atoms with E-state index in [1.54, 1.807) is 6.20 Å². The van der Waals surface area contributed by atoms with Crippen molar-refractivity contribution in [1.29, 1.82) is 0 Å². The van der Waals surface area contributed by atoms with Crippen LogP contribution in [0.1, 0.15) is 44.9 Å². The molecule has 1 aromatic rings. The SMILES string of the molecule is CC(C)C(=O)OC(c1ccccn1)C1CCCCN1. The third kappa shape index (κ3) is 3.77. The molecule has 0 radical (unpaired) electrons. The Labute approximate surface area is 114 Å². The maximum absolute atomic E-state index is 11.9. The van der Waals surface area contributed by atoms with Crippen molar-refractivity contribution in [1.82, 2.24) is 10.3 Å². The highest BCUT2D eigenvalue weighted by Crippen LogP contribution is 2.26. The van der Waals surface area contributed by atoms with Crippen molar-refractivity contribution < 1.29 is 9.53 Å². The highest BCUT2D eigenvalue weighted by Gasteiger charge is 2.29.